The quantitative estimate of drug-likeness (QED) is 0.727. The Bertz CT molecular complexity index is 914. The molecular formula is C17H17F3N2O3S2. The zero-order chi connectivity index (χ0) is 20.2. The zero-order valence-electron chi connectivity index (χ0n) is 14.4. The number of carbonyl (C=O) groups excluding carboxylic acids is 1. The molecule has 0 aromatic heterocycles. The maximum absolute atomic E-state index is 12.6. The van der Waals surface area contributed by atoms with Crippen LogP contribution in [0.3, 0.4) is 0 Å². The molecule has 27 heavy (non-hydrogen) atoms. The highest BCUT2D eigenvalue weighted by Gasteiger charge is 2.31. The van der Waals surface area contributed by atoms with Crippen LogP contribution in [0.5, 0.6) is 0 Å². The molecule has 0 spiro atoms. The number of amides is 1. The number of para-hydroxylation sites is 1. The van der Waals surface area contributed by atoms with Crippen molar-refractivity contribution in [3.05, 3.63) is 54.1 Å². The molecule has 0 bridgehead atoms. The topological polar surface area (TPSA) is 66.5 Å². The lowest BCUT2D eigenvalue weighted by atomic mass is 10.2. The summed E-state index contributed by atoms with van der Waals surface area (Å²) in [7, 11) is -2.92. The average Bonchev–Trinajstić information content (AvgIpc) is 2.61. The lowest BCUT2D eigenvalue weighted by molar-refractivity contribution is -0.137. The van der Waals surface area contributed by atoms with Gasteiger partial charge in [0.2, 0.25) is 15.9 Å². The van der Waals surface area contributed by atoms with Gasteiger partial charge < -0.3 is 5.32 Å². The SMILES string of the molecule is CSc1ccccc1NC(=O)CN(C)S(=O)(=O)c1ccc(C(F)(F)F)cc1. The van der Waals surface area contributed by atoms with Gasteiger partial charge in [-0.25, -0.2) is 8.42 Å². The summed E-state index contributed by atoms with van der Waals surface area (Å²) in [4.78, 5) is 12.7. The molecule has 2 rings (SSSR count). The molecule has 5 nitrogen and oxygen atoms in total. The summed E-state index contributed by atoms with van der Waals surface area (Å²) in [5.41, 5.74) is -0.397. The fourth-order valence-electron chi connectivity index (χ4n) is 2.22. The van der Waals surface area contributed by atoms with Gasteiger partial charge in [-0.1, -0.05) is 12.1 Å². The Morgan fingerprint density at radius 1 is 1.11 bits per heavy atom. The van der Waals surface area contributed by atoms with E-state index < -0.39 is 34.2 Å². The summed E-state index contributed by atoms with van der Waals surface area (Å²) in [5.74, 6) is -0.561. The number of rotatable bonds is 6. The van der Waals surface area contributed by atoms with Gasteiger partial charge in [0.25, 0.3) is 0 Å². The van der Waals surface area contributed by atoms with Crippen molar-refractivity contribution in [3.63, 3.8) is 0 Å². The van der Waals surface area contributed by atoms with Gasteiger partial charge >= 0.3 is 6.18 Å². The molecule has 0 aliphatic heterocycles. The Balaban J connectivity index is 2.11. The van der Waals surface area contributed by atoms with Crippen LogP contribution in [0.2, 0.25) is 0 Å². The summed E-state index contributed by atoms with van der Waals surface area (Å²) < 4.78 is 63.5. The van der Waals surface area contributed by atoms with Gasteiger partial charge in [0.15, 0.2) is 0 Å². The zero-order valence-corrected chi connectivity index (χ0v) is 16.1. The van der Waals surface area contributed by atoms with Crippen molar-refractivity contribution >= 4 is 33.4 Å². The number of benzene rings is 2. The van der Waals surface area contributed by atoms with Crippen LogP contribution in [0.1, 0.15) is 5.56 Å². The number of nitrogens with one attached hydrogen (secondary N) is 1. The number of alkyl halides is 3. The molecule has 0 atom stereocenters. The normalized spacial score (nSPS) is 12.2. The van der Waals surface area contributed by atoms with Crippen molar-refractivity contribution < 1.29 is 26.4 Å². The monoisotopic (exact) mass is 418 g/mol. The fraction of sp³-hybridized carbons (Fsp3) is 0.235. The van der Waals surface area contributed by atoms with Crippen LogP contribution in [0.25, 0.3) is 0 Å². The number of nitrogens with zero attached hydrogens (tertiary/aromatic N) is 1. The van der Waals surface area contributed by atoms with Crippen LogP contribution < -0.4 is 5.32 Å². The number of carbonyl (C=O) groups is 1. The predicted octanol–water partition coefficient (Wildman–Crippen LogP) is 3.69. The summed E-state index contributed by atoms with van der Waals surface area (Å²) >= 11 is 1.42. The van der Waals surface area contributed by atoms with E-state index in [9.17, 15) is 26.4 Å². The number of thioether (sulfide) groups is 1. The van der Waals surface area contributed by atoms with Gasteiger partial charge in [-0.3, -0.25) is 4.79 Å². The Morgan fingerprint density at radius 2 is 1.70 bits per heavy atom. The van der Waals surface area contributed by atoms with Crippen molar-refractivity contribution in [1.82, 2.24) is 4.31 Å². The minimum atomic E-state index is -4.56. The Hall–Kier alpha value is -2.04. The van der Waals surface area contributed by atoms with Gasteiger partial charge in [-0.05, 0) is 42.7 Å². The summed E-state index contributed by atoms with van der Waals surface area (Å²) in [6.07, 6.45) is -2.72. The second-order valence-corrected chi connectivity index (χ2v) is 8.42. The highest BCUT2D eigenvalue weighted by atomic mass is 32.2. The van der Waals surface area contributed by atoms with Gasteiger partial charge in [0, 0.05) is 11.9 Å². The first-order valence-corrected chi connectivity index (χ1v) is 10.3. The Kier molecular flexibility index (Phi) is 6.55. The lowest BCUT2D eigenvalue weighted by Gasteiger charge is -2.18. The van der Waals surface area contributed by atoms with Crippen LogP contribution in [0.4, 0.5) is 18.9 Å². The van der Waals surface area contributed by atoms with E-state index in [1.165, 1.54) is 18.8 Å². The van der Waals surface area contributed by atoms with Gasteiger partial charge in [0.1, 0.15) is 0 Å². The number of anilines is 1. The first-order chi connectivity index (χ1) is 12.6. The van der Waals surface area contributed by atoms with Crippen LogP contribution in [-0.2, 0) is 21.0 Å². The average molecular weight is 418 g/mol. The Labute approximate surface area is 159 Å². The lowest BCUT2D eigenvalue weighted by Crippen LogP contribution is -2.35. The van der Waals surface area contributed by atoms with Gasteiger partial charge in [-0.2, -0.15) is 17.5 Å². The van der Waals surface area contributed by atoms with Gasteiger partial charge in [0.05, 0.1) is 22.7 Å². The molecule has 0 radical (unpaired) electrons. The number of likely N-dealkylation sites (N-methyl/N-ethyl adjacent to an activating group) is 1. The molecule has 1 amide bonds. The van der Waals surface area contributed by atoms with Crippen molar-refractivity contribution in [3.8, 4) is 0 Å². The number of halogens is 3. The first kappa shape index (κ1) is 21.3. The predicted molar refractivity (Wildman–Crippen MR) is 98.1 cm³/mol. The molecule has 0 fully saturated rings. The van der Waals surface area contributed by atoms with Crippen LogP contribution in [0.15, 0.2) is 58.3 Å². The van der Waals surface area contributed by atoms with E-state index in [1.54, 1.807) is 12.1 Å². The summed E-state index contributed by atoms with van der Waals surface area (Å²) in [6.45, 7) is -0.480. The van der Waals surface area contributed by atoms with Crippen molar-refractivity contribution in [2.75, 3.05) is 25.2 Å². The molecule has 2 aromatic rings. The summed E-state index contributed by atoms with van der Waals surface area (Å²) in [5, 5.41) is 2.63. The third-order valence-corrected chi connectivity index (χ3v) is 6.25. The van der Waals surface area contributed by atoms with Crippen molar-refractivity contribution in [2.24, 2.45) is 0 Å². The van der Waals surface area contributed by atoms with Crippen LogP contribution in [-0.4, -0.2) is 38.5 Å². The highest BCUT2D eigenvalue weighted by Crippen LogP contribution is 2.30. The molecule has 0 saturated carbocycles. The van der Waals surface area contributed by atoms with E-state index in [2.05, 4.69) is 5.32 Å². The van der Waals surface area contributed by atoms with Crippen LogP contribution >= 0.6 is 11.8 Å². The van der Waals surface area contributed by atoms with Crippen LogP contribution in [0, 0.1) is 0 Å². The van der Waals surface area contributed by atoms with Crippen molar-refractivity contribution in [1.29, 1.82) is 0 Å². The van der Waals surface area contributed by atoms with E-state index in [-0.39, 0.29) is 4.90 Å². The van der Waals surface area contributed by atoms with E-state index in [1.807, 2.05) is 18.4 Å². The number of hydrogen-bond donors (Lipinski definition) is 1. The molecule has 10 heteroatoms. The molecule has 0 heterocycles. The Morgan fingerprint density at radius 3 is 2.26 bits per heavy atom. The summed E-state index contributed by atoms with van der Waals surface area (Å²) in [6, 6.07) is 10.2. The largest absolute Gasteiger partial charge is 0.416 e. The maximum atomic E-state index is 12.6. The molecule has 0 unspecified atom stereocenters. The van der Waals surface area contributed by atoms with E-state index in [4.69, 9.17) is 0 Å². The highest BCUT2D eigenvalue weighted by molar-refractivity contribution is 7.98. The molecule has 0 aliphatic carbocycles. The standard InChI is InChI=1S/C17H17F3N2O3S2/c1-22(11-16(23)21-14-5-3-4-6-15(14)26-2)27(24,25)13-9-7-12(8-10-13)17(18,19)20/h3-10H,11H2,1-2H3,(H,21,23). The number of hydrogen-bond acceptors (Lipinski definition) is 4. The van der Waals surface area contributed by atoms with E-state index in [0.717, 1.165) is 21.3 Å². The minimum absolute atomic E-state index is 0.324. The molecule has 146 valence electrons. The van der Waals surface area contributed by atoms with E-state index >= 15 is 0 Å². The second kappa shape index (κ2) is 8.32. The fourth-order valence-corrected chi connectivity index (χ4v) is 3.90. The molecule has 2 aromatic carbocycles. The van der Waals surface area contributed by atoms with Crippen molar-refractivity contribution in [2.45, 2.75) is 16.0 Å². The molecule has 0 saturated heterocycles. The molecule has 0 aliphatic rings. The van der Waals surface area contributed by atoms with E-state index in [0.29, 0.717) is 17.8 Å². The van der Waals surface area contributed by atoms with Gasteiger partial charge in [-0.15, -0.1) is 11.8 Å². The second-order valence-electron chi connectivity index (χ2n) is 5.53. The smallest absolute Gasteiger partial charge is 0.324 e. The third-order valence-electron chi connectivity index (χ3n) is 3.64. The maximum Gasteiger partial charge on any atom is 0.416 e. The molecule has 1 N–H and O–H groups in total. The number of sulfonamides is 1. The minimum Gasteiger partial charge on any atom is -0.324 e. The third kappa shape index (κ3) is 5.24. The first-order valence-electron chi connectivity index (χ1n) is 7.62. The molecular weight excluding hydrogens is 401 g/mol.